The molecule has 0 amide bonds. The maximum Gasteiger partial charge on any atom is 0.335 e. The Kier molecular flexibility index (Phi) is 2.93. The van der Waals surface area contributed by atoms with E-state index in [2.05, 4.69) is 4.42 Å². The summed E-state index contributed by atoms with van der Waals surface area (Å²) >= 11 is 0. The molecule has 0 bridgehead atoms. The lowest BCUT2D eigenvalue weighted by Crippen LogP contribution is -1.88. The van der Waals surface area contributed by atoms with Crippen LogP contribution in [0.2, 0.25) is 0 Å². The fraction of sp³-hybridized carbons (Fsp3) is 0. The van der Waals surface area contributed by atoms with Gasteiger partial charge in [0.15, 0.2) is 0 Å². The van der Waals surface area contributed by atoms with Gasteiger partial charge >= 0.3 is 5.63 Å². The number of hydrogen-bond acceptors (Lipinski definition) is 2. The Hall–Kier alpha value is -1.57. The minimum absolute atomic E-state index is 0.360. The highest BCUT2D eigenvalue weighted by Crippen LogP contribution is 1.76. The van der Waals surface area contributed by atoms with E-state index in [0.29, 0.717) is 0 Å². The standard InChI is InChI=1S/C9H8O2/c10-9-7-5-3-1-2-4-6-8-11-9/h1-8H. The van der Waals surface area contributed by atoms with Crippen molar-refractivity contribution < 1.29 is 4.42 Å². The second-order valence-corrected chi connectivity index (χ2v) is 1.89. The molecular formula is C9H8O2. The molecule has 1 aromatic rings. The second kappa shape index (κ2) is 4.28. The van der Waals surface area contributed by atoms with Crippen molar-refractivity contribution in [2.45, 2.75) is 0 Å². The largest absolute Gasteiger partial charge is 0.431 e. The van der Waals surface area contributed by atoms with Crippen LogP contribution in [0, 0.1) is 0 Å². The van der Waals surface area contributed by atoms with Crippen molar-refractivity contribution >= 4 is 0 Å². The minimum atomic E-state index is -0.360. The fourth-order valence-corrected chi connectivity index (χ4v) is 0.582. The predicted octanol–water partition coefficient (Wildman–Crippen LogP) is 1.76. The van der Waals surface area contributed by atoms with Crippen molar-refractivity contribution in [2.24, 2.45) is 0 Å². The quantitative estimate of drug-likeness (QED) is 0.561. The van der Waals surface area contributed by atoms with Gasteiger partial charge in [0.05, 0.1) is 6.26 Å². The second-order valence-electron chi connectivity index (χ2n) is 1.89. The Balaban J connectivity index is 3.21. The van der Waals surface area contributed by atoms with Crippen molar-refractivity contribution in [1.29, 1.82) is 0 Å². The van der Waals surface area contributed by atoms with Gasteiger partial charge in [-0.05, 0) is 6.07 Å². The zero-order valence-electron chi connectivity index (χ0n) is 5.94. The third kappa shape index (κ3) is 3.20. The molecule has 0 aliphatic rings. The van der Waals surface area contributed by atoms with Crippen molar-refractivity contribution in [3.63, 3.8) is 0 Å². The summed E-state index contributed by atoms with van der Waals surface area (Å²) in [6, 6.07) is 11.9. The molecule has 11 heavy (non-hydrogen) atoms. The van der Waals surface area contributed by atoms with Gasteiger partial charge in [-0.25, -0.2) is 4.79 Å². The van der Waals surface area contributed by atoms with E-state index in [1.807, 2.05) is 12.1 Å². The average molecular weight is 148 g/mol. The van der Waals surface area contributed by atoms with Crippen molar-refractivity contribution in [3.8, 4) is 0 Å². The van der Waals surface area contributed by atoms with Crippen LogP contribution in [0.1, 0.15) is 0 Å². The first-order chi connectivity index (χ1) is 5.39. The zero-order chi connectivity index (χ0) is 7.94. The van der Waals surface area contributed by atoms with Gasteiger partial charge in [0.1, 0.15) is 0 Å². The van der Waals surface area contributed by atoms with E-state index in [4.69, 9.17) is 0 Å². The lowest BCUT2D eigenvalue weighted by Gasteiger charge is -1.71. The first-order valence-corrected chi connectivity index (χ1v) is 3.27. The summed E-state index contributed by atoms with van der Waals surface area (Å²) in [6.07, 6.45) is 1.35. The minimum Gasteiger partial charge on any atom is -0.431 e. The highest BCUT2D eigenvalue weighted by atomic mass is 16.4. The van der Waals surface area contributed by atoms with E-state index in [-0.39, 0.29) is 5.63 Å². The molecule has 0 fully saturated rings. The Morgan fingerprint density at radius 1 is 0.909 bits per heavy atom. The summed E-state index contributed by atoms with van der Waals surface area (Å²) in [5.41, 5.74) is -0.360. The molecule has 1 rings (SSSR count). The highest BCUT2D eigenvalue weighted by Gasteiger charge is 1.69. The third-order valence-electron chi connectivity index (χ3n) is 1.05. The Morgan fingerprint density at radius 2 is 1.55 bits per heavy atom. The molecule has 0 saturated carbocycles. The lowest BCUT2D eigenvalue weighted by atomic mass is 10.4. The van der Waals surface area contributed by atoms with Crippen LogP contribution >= 0.6 is 0 Å². The summed E-state index contributed by atoms with van der Waals surface area (Å²) < 4.78 is 4.63. The molecule has 0 aliphatic carbocycles. The topological polar surface area (TPSA) is 30.2 Å². The van der Waals surface area contributed by atoms with Crippen molar-refractivity contribution in [3.05, 3.63) is 59.1 Å². The van der Waals surface area contributed by atoms with E-state index >= 15 is 0 Å². The normalized spacial score (nSPS) is 8.36. The lowest BCUT2D eigenvalue weighted by molar-refractivity contribution is 0.515. The first-order valence-electron chi connectivity index (χ1n) is 3.27. The molecule has 0 unspecified atom stereocenters. The van der Waals surface area contributed by atoms with E-state index in [1.54, 1.807) is 24.3 Å². The van der Waals surface area contributed by atoms with Gasteiger partial charge in [0, 0.05) is 6.07 Å². The summed E-state index contributed by atoms with van der Waals surface area (Å²) in [6.45, 7) is 0. The smallest absolute Gasteiger partial charge is 0.335 e. The molecule has 0 spiro atoms. The average Bonchev–Trinajstić information content (AvgIpc) is 2.03. The van der Waals surface area contributed by atoms with Crippen LogP contribution in [-0.4, -0.2) is 0 Å². The Labute approximate surface area is 64.4 Å². The molecule has 0 saturated heterocycles. The molecule has 0 N–H and O–H groups in total. The van der Waals surface area contributed by atoms with Gasteiger partial charge in [0.2, 0.25) is 0 Å². The van der Waals surface area contributed by atoms with Crippen LogP contribution in [0.4, 0.5) is 0 Å². The fourth-order valence-electron chi connectivity index (χ4n) is 0.582. The molecule has 2 heteroatoms. The maximum atomic E-state index is 10.7. The van der Waals surface area contributed by atoms with Crippen molar-refractivity contribution in [1.82, 2.24) is 0 Å². The van der Waals surface area contributed by atoms with Gasteiger partial charge in [-0.2, -0.15) is 0 Å². The molecule has 1 aromatic heterocycles. The van der Waals surface area contributed by atoms with Gasteiger partial charge < -0.3 is 4.42 Å². The van der Waals surface area contributed by atoms with Crippen LogP contribution in [0.3, 0.4) is 0 Å². The van der Waals surface area contributed by atoms with E-state index in [9.17, 15) is 4.79 Å². The summed E-state index contributed by atoms with van der Waals surface area (Å²) in [5, 5.41) is 0. The van der Waals surface area contributed by atoms with Crippen LogP contribution in [-0.2, 0) is 0 Å². The zero-order valence-corrected chi connectivity index (χ0v) is 5.94. The molecule has 0 atom stereocenters. The van der Waals surface area contributed by atoms with Crippen LogP contribution < -0.4 is 5.63 Å². The highest BCUT2D eigenvalue weighted by molar-refractivity contribution is 4.93. The van der Waals surface area contributed by atoms with E-state index < -0.39 is 0 Å². The van der Waals surface area contributed by atoms with E-state index in [0.717, 1.165) is 0 Å². The van der Waals surface area contributed by atoms with Gasteiger partial charge in [-0.3, -0.25) is 0 Å². The van der Waals surface area contributed by atoms with Crippen molar-refractivity contribution in [2.75, 3.05) is 0 Å². The van der Waals surface area contributed by atoms with Crippen LogP contribution in [0.25, 0.3) is 0 Å². The summed E-state index contributed by atoms with van der Waals surface area (Å²) in [4.78, 5) is 10.7. The van der Waals surface area contributed by atoms with Gasteiger partial charge in [-0.1, -0.05) is 30.3 Å². The molecule has 56 valence electrons. The van der Waals surface area contributed by atoms with Gasteiger partial charge in [0.25, 0.3) is 0 Å². The molecule has 1 heterocycles. The number of hydrogen-bond donors (Lipinski definition) is 0. The summed E-state index contributed by atoms with van der Waals surface area (Å²) in [5.74, 6) is 0. The molecular weight excluding hydrogens is 140 g/mol. The molecule has 0 radical (unpaired) electrons. The van der Waals surface area contributed by atoms with Crippen LogP contribution in [0.15, 0.2) is 57.9 Å². The molecule has 0 aliphatic heterocycles. The Morgan fingerprint density at radius 3 is 2.36 bits per heavy atom. The first kappa shape index (κ1) is 7.54. The SMILES string of the molecule is O=c1cccccccco1. The maximum absolute atomic E-state index is 10.7. The third-order valence-corrected chi connectivity index (χ3v) is 1.05. The van der Waals surface area contributed by atoms with Crippen LogP contribution in [0.5, 0.6) is 0 Å². The summed E-state index contributed by atoms with van der Waals surface area (Å²) in [7, 11) is 0. The monoisotopic (exact) mass is 148 g/mol. The molecule has 0 aromatic carbocycles. The van der Waals surface area contributed by atoms with Gasteiger partial charge in [-0.15, -0.1) is 0 Å². The number of rotatable bonds is 0. The Bertz CT molecular complexity index is 285. The molecule has 2 nitrogen and oxygen atoms in total. The van der Waals surface area contributed by atoms with E-state index in [1.165, 1.54) is 12.3 Å². The predicted molar refractivity (Wildman–Crippen MR) is 42.6 cm³/mol.